The molecule has 0 aromatic heterocycles. The first-order valence-electron chi connectivity index (χ1n) is 11.8. The summed E-state index contributed by atoms with van der Waals surface area (Å²) in [7, 11) is 3.14. The summed E-state index contributed by atoms with van der Waals surface area (Å²) < 4.78 is 16.0. The number of amides is 3. The van der Waals surface area contributed by atoms with E-state index in [2.05, 4.69) is 10.6 Å². The predicted molar refractivity (Wildman–Crippen MR) is 139 cm³/mol. The van der Waals surface area contributed by atoms with Gasteiger partial charge in [0.2, 0.25) is 11.8 Å². The summed E-state index contributed by atoms with van der Waals surface area (Å²) in [6.45, 7) is 0.443. The molecule has 1 atom stereocenters. The van der Waals surface area contributed by atoms with E-state index in [1.165, 1.54) is 0 Å². The van der Waals surface area contributed by atoms with Gasteiger partial charge in [-0.2, -0.15) is 0 Å². The molecule has 1 aliphatic rings. The summed E-state index contributed by atoms with van der Waals surface area (Å²) in [5.74, 6) is 0.774. The lowest BCUT2D eigenvalue weighted by molar-refractivity contribution is -0.126. The molecule has 1 aliphatic heterocycles. The van der Waals surface area contributed by atoms with E-state index in [1.807, 2.05) is 24.3 Å². The first-order valence-corrected chi connectivity index (χ1v) is 11.8. The zero-order valence-corrected chi connectivity index (χ0v) is 20.7. The maximum atomic E-state index is 12.7. The number of nitrogens with one attached hydrogen (secondary N) is 2. The van der Waals surface area contributed by atoms with Crippen molar-refractivity contribution in [3.8, 4) is 17.2 Å². The Kier molecular flexibility index (Phi) is 8.25. The number of rotatable bonds is 10. The van der Waals surface area contributed by atoms with Gasteiger partial charge in [-0.05, 0) is 42.5 Å². The van der Waals surface area contributed by atoms with Crippen LogP contribution in [0, 0.1) is 5.92 Å². The molecule has 9 nitrogen and oxygen atoms in total. The van der Waals surface area contributed by atoms with E-state index in [9.17, 15) is 14.4 Å². The molecular formula is C28H29N3O6. The third kappa shape index (κ3) is 6.58. The van der Waals surface area contributed by atoms with Crippen LogP contribution in [0.3, 0.4) is 0 Å². The summed E-state index contributed by atoms with van der Waals surface area (Å²) in [5, 5.41) is 5.66. The fraction of sp³-hybridized carbons (Fsp3) is 0.250. The monoisotopic (exact) mass is 503 g/mol. The van der Waals surface area contributed by atoms with E-state index < -0.39 is 5.92 Å². The number of benzene rings is 3. The fourth-order valence-electron chi connectivity index (χ4n) is 4.08. The molecule has 0 bridgehead atoms. The number of anilines is 2. The van der Waals surface area contributed by atoms with E-state index in [4.69, 9.17) is 14.2 Å². The SMILES string of the molecule is COc1cccc(NC(=O)COc2ccc(N3C[C@H](C(=O)NCc4ccccc4OC)CC3=O)cc2)c1. The van der Waals surface area contributed by atoms with Gasteiger partial charge in [-0.3, -0.25) is 14.4 Å². The average molecular weight is 504 g/mol. The van der Waals surface area contributed by atoms with Crippen molar-refractivity contribution in [1.82, 2.24) is 5.32 Å². The number of nitrogens with zero attached hydrogens (tertiary/aromatic N) is 1. The molecule has 4 rings (SSSR count). The van der Waals surface area contributed by atoms with Gasteiger partial charge < -0.3 is 29.7 Å². The summed E-state index contributed by atoms with van der Waals surface area (Å²) in [6, 6.07) is 21.4. The zero-order chi connectivity index (χ0) is 26.2. The van der Waals surface area contributed by atoms with Crippen LogP contribution in [-0.4, -0.2) is 45.1 Å². The minimum Gasteiger partial charge on any atom is -0.497 e. The number of para-hydroxylation sites is 1. The number of hydrogen-bond donors (Lipinski definition) is 2. The second-order valence-electron chi connectivity index (χ2n) is 8.50. The van der Waals surface area contributed by atoms with Gasteiger partial charge in [0.1, 0.15) is 17.2 Å². The molecule has 0 radical (unpaired) electrons. The van der Waals surface area contributed by atoms with Crippen LogP contribution in [0.2, 0.25) is 0 Å². The fourth-order valence-corrected chi connectivity index (χ4v) is 4.08. The van der Waals surface area contributed by atoms with Crippen molar-refractivity contribution in [3.05, 3.63) is 78.4 Å². The van der Waals surface area contributed by atoms with Gasteiger partial charge in [0.05, 0.1) is 20.1 Å². The average Bonchev–Trinajstić information content (AvgIpc) is 3.32. The predicted octanol–water partition coefficient (Wildman–Crippen LogP) is 3.39. The molecule has 1 heterocycles. The highest BCUT2D eigenvalue weighted by molar-refractivity contribution is 6.00. The molecule has 0 aliphatic carbocycles. The Labute approximate surface area is 215 Å². The Morgan fingerprint density at radius 1 is 0.946 bits per heavy atom. The van der Waals surface area contributed by atoms with Gasteiger partial charge >= 0.3 is 0 Å². The van der Waals surface area contributed by atoms with Gasteiger partial charge in [0.15, 0.2) is 6.61 Å². The molecule has 0 spiro atoms. The quantitative estimate of drug-likeness (QED) is 0.439. The molecule has 37 heavy (non-hydrogen) atoms. The maximum Gasteiger partial charge on any atom is 0.262 e. The Hall–Kier alpha value is -4.53. The maximum absolute atomic E-state index is 12.7. The highest BCUT2D eigenvalue weighted by atomic mass is 16.5. The van der Waals surface area contributed by atoms with E-state index in [0.29, 0.717) is 41.7 Å². The molecule has 1 saturated heterocycles. The Bertz CT molecular complexity index is 1260. The summed E-state index contributed by atoms with van der Waals surface area (Å²) in [6.07, 6.45) is 0.139. The highest BCUT2D eigenvalue weighted by Crippen LogP contribution is 2.27. The van der Waals surface area contributed by atoms with Crippen molar-refractivity contribution in [3.63, 3.8) is 0 Å². The summed E-state index contributed by atoms with van der Waals surface area (Å²) >= 11 is 0. The van der Waals surface area contributed by atoms with Crippen LogP contribution < -0.4 is 29.7 Å². The van der Waals surface area contributed by atoms with E-state index in [1.54, 1.807) is 67.7 Å². The Morgan fingerprint density at radius 2 is 1.73 bits per heavy atom. The topological polar surface area (TPSA) is 106 Å². The smallest absolute Gasteiger partial charge is 0.262 e. The third-order valence-electron chi connectivity index (χ3n) is 6.01. The van der Waals surface area contributed by atoms with Crippen LogP contribution in [0.15, 0.2) is 72.8 Å². The van der Waals surface area contributed by atoms with Crippen LogP contribution in [-0.2, 0) is 20.9 Å². The number of ether oxygens (including phenoxy) is 3. The van der Waals surface area contributed by atoms with Gasteiger partial charge in [0, 0.05) is 42.5 Å². The van der Waals surface area contributed by atoms with E-state index >= 15 is 0 Å². The molecule has 3 aromatic rings. The van der Waals surface area contributed by atoms with Gasteiger partial charge in [-0.25, -0.2) is 0 Å². The second kappa shape index (κ2) is 11.9. The van der Waals surface area contributed by atoms with E-state index in [-0.39, 0.29) is 30.7 Å². The van der Waals surface area contributed by atoms with Crippen molar-refractivity contribution in [2.75, 3.05) is 37.6 Å². The van der Waals surface area contributed by atoms with Crippen molar-refractivity contribution in [2.45, 2.75) is 13.0 Å². The van der Waals surface area contributed by atoms with Crippen LogP contribution in [0.4, 0.5) is 11.4 Å². The van der Waals surface area contributed by atoms with Gasteiger partial charge in [-0.15, -0.1) is 0 Å². The highest BCUT2D eigenvalue weighted by Gasteiger charge is 2.35. The minimum absolute atomic E-state index is 0.122. The molecule has 0 unspecified atom stereocenters. The zero-order valence-electron chi connectivity index (χ0n) is 20.7. The molecule has 0 saturated carbocycles. The van der Waals surface area contributed by atoms with Crippen LogP contribution >= 0.6 is 0 Å². The number of methoxy groups -OCH3 is 2. The number of carbonyl (C=O) groups excluding carboxylic acids is 3. The summed E-state index contributed by atoms with van der Waals surface area (Å²) in [5.41, 5.74) is 2.14. The molecule has 3 amide bonds. The van der Waals surface area contributed by atoms with Crippen molar-refractivity contribution in [2.24, 2.45) is 5.92 Å². The van der Waals surface area contributed by atoms with Crippen molar-refractivity contribution < 1.29 is 28.6 Å². The van der Waals surface area contributed by atoms with Gasteiger partial charge in [-0.1, -0.05) is 24.3 Å². The molecule has 2 N–H and O–H groups in total. The molecule has 9 heteroatoms. The van der Waals surface area contributed by atoms with Crippen LogP contribution in [0.1, 0.15) is 12.0 Å². The standard InChI is InChI=1S/C28H29N3O6/c1-35-24-8-5-7-21(15-24)30-26(32)18-37-23-12-10-22(11-13-23)31-17-20(14-27(31)33)28(34)29-16-19-6-3-4-9-25(19)36-2/h3-13,15,20H,14,16-18H2,1-2H3,(H,29,34)(H,30,32)/t20-/m1/s1. The summed E-state index contributed by atoms with van der Waals surface area (Å²) in [4.78, 5) is 39.1. The minimum atomic E-state index is -0.446. The second-order valence-corrected chi connectivity index (χ2v) is 8.50. The lowest BCUT2D eigenvalue weighted by atomic mass is 10.1. The Morgan fingerprint density at radius 3 is 2.49 bits per heavy atom. The first-order chi connectivity index (χ1) is 18.0. The van der Waals surface area contributed by atoms with Crippen molar-refractivity contribution in [1.29, 1.82) is 0 Å². The molecular weight excluding hydrogens is 474 g/mol. The lowest BCUT2D eigenvalue weighted by Gasteiger charge is -2.17. The van der Waals surface area contributed by atoms with Gasteiger partial charge in [0.25, 0.3) is 5.91 Å². The van der Waals surface area contributed by atoms with Crippen molar-refractivity contribution >= 4 is 29.1 Å². The molecule has 192 valence electrons. The first kappa shape index (κ1) is 25.6. The Balaban J connectivity index is 1.27. The van der Waals surface area contributed by atoms with E-state index in [0.717, 1.165) is 5.56 Å². The lowest BCUT2D eigenvalue weighted by Crippen LogP contribution is -2.32. The van der Waals surface area contributed by atoms with Crippen LogP contribution in [0.25, 0.3) is 0 Å². The normalized spacial score (nSPS) is 14.7. The number of carbonyl (C=O) groups is 3. The third-order valence-corrected chi connectivity index (χ3v) is 6.01. The molecule has 3 aromatic carbocycles. The number of hydrogen-bond acceptors (Lipinski definition) is 6. The largest absolute Gasteiger partial charge is 0.497 e. The molecule has 1 fully saturated rings. The van der Waals surface area contributed by atoms with Crippen LogP contribution in [0.5, 0.6) is 17.2 Å².